The van der Waals surface area contributed by atoms with Crippen molar-refractivity contribution in [3.63, 3.8) is 0 Å². The number of carbonyl (C=O) groups excluding carboxylic acids is 1. The zero-order valence-corrected chi connectivity index (χ0v) is 10.2. The fourth-order valence-corrected chi connectivity index (χ4v) is 1.57. The van der Waals surface area contributed by atoms with E-state index < -0.39 is 5.60 Å². The standard InChI is InChI=1S/C11H21NO4/c1-11(2,3)16-10(14)4-8-5-12-6-9(7-13)15-8/h8-9,12-13H,4-7H2,1-3H3/t8-,9-/m1/s1. The van der Waals surface area contributed by atoms with Crippen LogP contribution in [0.15, 0.2) is 0 Å². The summed E-state index contributed by atoms with van der Waals surface area (Å²) in [5, 5.41) is 12.1. The van der Waals surface area contributed by atoms with Crippen LogP contribution in [0.4, 0.5) is 0 Å². The lowest BCUT2D eigenvalue weighted by molar-refractivity contribution is -0.160. The Morgan fingerprint density at radius 3 is 2.62 bits per heavy atom. The lowest BCUT2D eigenvalue weighted by atomic mass is 10.1. The van der Waals surface area contributed by atoms with Gasteiger partial charge in [0.15, 0.2) is 0 Å². The van der Waals surface area contributed by atoms with Crippen LogP contribution in [0.3, 0.4) is 0 Å². The highest BCUT2D eigenvalue weighted by atomic mass is 16.6. The van der Waals surface area contributed by atoms with E-state index in [1.165, 1.54) is 0 Å². The number of rotatable bonds is 3. The molecule has 0 spiro atoms. The Balaban J connectivity index is 2.33. The van der Waals surface area contributed by atoms with Crippen LogP contribution in [-0.4, -0.2) is 48.6 Å². The number of morpholine rings is 1. The number of ether oxygens (including phenoxy) is 2. The Morgan fingerprint density at radius 2 is 2.06 bits per heavy atom. The van der Waals surface area contributed by atoms with Crippen molar-refractivity contribution in [1.29, 1.82) is 0 Å². The van der Waals surface area contributed by atoms with E-state index in [0.717, 1.165) is 0 Å². The molecule has 1 heterocycles. The molecule has 0 radical (unpaired) electrons. The Hall–Kier alpha value is -0.650. The Morgan fingerprint density at radius 1 is 1.44 bits per heavy atom. The van der Waals surface area contributed by atoms with Gasteiger partial charge in [0.1, 0.15) is 5.60 Å². The lowest BCUT2D eigenvalue weighted by Crippen LogP contribution is -2.47. The fraction of sp³-hybridized carbons (Fsp3) is 0.909. The van der Waals surface area contributed by atoms with Crippen LogP contribution in [0.25, 0.3) is 0 Å². The molecular weight excluding hydrogens is 210 g/mol. The third kappa shape index (κ3) is 4.92. The molecule has 16 heavy (non-hydrogen) atoms. The summed E-state index contributed by atoms with van der Waals surface area (Å²) >= 11 is 0. The number of aliphatic hydroxyl groups excluding tert-OH is 1. The van der Waals surface area contributed by atoms with Gasteiger partial charge in [0.05, 0.1) is 25.2 Å². The van der Waals surface area contributed by atoms with Gasteiger partial charge in [0, 0.05) is 13.1 Å². The highest BCUT2D eigenvalue weighted by Gasteiger charge is 2.26. The number of esters is 1. The third-order valence-corrected chi connectivity index (χ3v) is 2.15. The van der Waals surface area contributed by atoms with Gasteiger partial charge < -0.3 is 19.9 Å². The van der Waals surface area contributed by atoms with Crippen LogP contribution in [0.5, 0.6) is 0 Å². The summed E-state index contributed by atoms with van der Waals surface area (Å²) in [6.07, 6.45) is -0.206. The van der Waals surface area contributed by atoms with Crippen molar-refractivity contribution in [3.8, 4) is 0 Å². The van der Waals surface area contributed by atoms with Gasteiger partial charge in [-0.2, -0.15) is 0 Å². The molecule has 1 rings (SSSR count). The van der Waals surface area contributed by atoms with E-state index >= 15 is 0 Å². The van der Waals surface area contributed by atoms with Crippen molar-refractivity contribution in [2.45, 2.75) is 45.0 Å². The summed E-state index contributed by atoms with van der Waals surface area (Å²) < 4.78 is 10.7. The van der Waals surface area contributed by atoms with E-state index in [2.05, 4.69) is 5.32 Å². The van der Waals surface area contributed by atoms with Crippen LogP contribution >= 0.6 is 0 Å². The molecule has 1 aliphatic heterocycles. The maximum Gasteiger partial charge on any atom is 0.308 e. The zero-order valence-electron chi connectivity index (χ0n) is 10.2. The van der Waals surface area contributed by atoms with Crippen LogP contribution in [-0.2, 0) is 14.3 Å². The first kappa shape index (κ1) is 13.4. The van der Waals surface area contributed by atoms with Gasteiger partial charge in [-0.05, 0) is 20.8 Å². The minimum Gasteiger partial charge on any atom is -0.460 e. The predicted molar refractivity (Wildman–Crippen MR) is 59.1 cm³/mol. The second-order valence-electron chi connectivity index (χ2n) is 5.01. The average molecular weight is 231 g/mol. The summed E-state index contributed by atoms with van der Waals surface area (Å²) in [6, 6.07) is 0. The molecule has 0 aromatic carbocycles. The summed E-state index contributed by atoms with van der Waals surface area (Å²) in [6.45, 7) is 6.72. The van der Waals surface area contributed by atoms with Gasteiger partial charge in [0.25, 0.3) is 0 Å². The molecule has 0 saturated carbocycles. The number of hydrogen-bond acceptors (Lipinski definition) is 5. The summed E-state index contributed by atoms with van der Waals surface area (Å²) in [7, 11) is 0. The molecule has 5 nitrogen and oxygen atoms in total. The van der Waals surface area contributed by atoms with Gasteiger partial charge in [-0.25, -0.2) is 0 Å². The highest BCUT2D eigenvalue weighted by molar-refractivity contribution is 5.70. The Kier molecular flexibility index (Phi) is 4.70. The Labute approximate surface area is 96.1 Å². The third-order valence-electron chi connectivity index (χ3n) is 2.15. The van der Waals surface area contributed by atoms with Crippen molar-refractivity contribution in [2.75, 3.05) is 19.7 Å². The predicted octanol–water partition coefficient (Wildman–Crippen LogP) is 0.0675. The van der Waals surface area contributed by atoms with E-state index in [9.17, 15) is 4.79 Å². The summed E-state index contributed by atoms with van der Waals surface area (Å²) in [5.74, 6) is -0.266. The molecule has 1 saturated heterocycles. The molecule has 0 aromatic heterocycles. The molecule has 1 fully saturated rings. The first-order chi connectivity index (χ1) is 7.40. The van der Waals surface area contributed by atoms with E-state index in [4.69, 9.17) is 14.6 Å². The first-order valence-corrected chi connectivity index (χ1v) is 5.59. The average Bonchev–Trinajstić information content (AvgIpc) is 2.15. The topological polar surface area (TPSA) is 67.8 Å². The van der Waals surface area contributed by atoms with E-state index in [1.807, 2.05) is 20.8 Å². The Bertz CT molecular complexity index is 237. The molecule has 94 valence electrons. The molecule has 5 heteroatoms. The molecular formula is C11H21NO4. The second-order valence-corrected chi connectivity index (χ2v) is 5.01. The summed E-state index contributed by atoms with van der Waals surface area (Å²) in [4.78, 5) is 11.5. The van der Waals surface area contributed by atoms with Crippen molar-refractivity contribution in [3.05, 3.63) is 0 Å². The number of nitrogens with one attached hydrogen (secondary N) is 1. The van der Waals surface area contributed by atoms with Crippen molar-refractivity contribution < 1.29 is 19.4 Å². The van der Waals surface area contributed by atoms with Gasteiger partial charge in [-0.1, -0.05) is 0 Å². The molecule has 2 N–H and O–H groups in total. The molecule has 0 aliphatic carbocycles. The maximum atomic E-state index is 11.5. The van der Waals surface area contributed by atoms with Crippen LogP contribution < -0.4 is 5.32 Å². The van der Waals surface area contributed by atoms with E-state index in [1.54, 1.807) is 0 Å². The van der Waals surface area contributed by atoms with E-state index in [0.29, 0.717) is 13.1 Å². The monoisotopic (exact) mass is 231 g/mol. The smallest absolute Gasteiger partial charge is 0.308 e. The van der Waals surface area contributed by atoms with Crippen LogP contribution in [0.2, 0.25) is 0 Å². The lowest BCUT2D eigenvalue weighted by Gasteiger charge is -2.30. The summed E-state index contributed by atoms with van der Waals surface area (Å²) in [5.41, 5.74) is -0.463. The van der Waals surface area contributed by atoms with Crippen molar-refractivity contribution in [1.82, 2.24) is 5.32 Å². The normalized spacial score (nSPS) is 26.5. The fourth-order valence-electron chi connectivity index (χ4n) is 1.57. The van der Waals surface area contributed by atoms with Crippen molar-refractivity contribution >= 4 is 5.97 Å². The van der Waals surface area contributed by atoms with Gasteiger partial charge >= 0.3 is 5.97 Å². The van der Waals surface area contributed by atoms with Crippen molar-refractivity contribution in [2.24, 2.45) is 0 Å². The van der Waals surface area contributed by atoms with E-state index in [-0.39, 0.29) is 31.2 Å². The quantitative estimate of drug-likeness (QED) is 0.673. The molecule has 0 amide bonds. The maximum absolute atomic E-state index is 11.5. The molecule has 0 bridgehead atoms. The number of carbonyl (C=O) groups is 1. The first-order valence-electron chi connectivity index (χ1n) is 5.59. The molecule has 0 aromatic rings. The largest absolute Gasteiger partial charge is 0.460 e. The van der Waals surface area contributed by atoms with Gasteiger partial charge in [-0.3, -0.25) is 4.79 Å². The molecule has 0 unspecified atom stereocenters. The molecule has 1 aliphatic rings. The minimum absolute atomic E-state index is 0.0299. The van der Waals surface area contributed by atoms with Gasteiger partial charge in [-0.15, -0.1) is 0 Å². The number of hydrogen-bond donors (Lipinski definition) is 2. The highest BCUT2D eigenvalue weighted by Crippen LogP contribution is 2.12. The van der Waals surface area contributed by atoms with Crippen LogP contribution in [0, 0.1) is 0 Å². The van der Waals surface area contributed by atoms with Gasteiger partial charge in [0.2, 0.25) is 0 Å². The SMILES string of the molecule is CC(C)(C)OC(=O)C[C@@H]1CNC[C@H](CO)O1. The molecule has 2 atom stereocenters. The van der Waals surface area contributed by atoms with Crippen LogP contribution in [0.1, 0.15) is 27.2 Å². The minimum atomic E-state index is -0.463. The zero-order chi connectivity index (χ0) is 12.2. The number of aliphatic hydroxyl groups is 1. The second kappa shape index (κ2) is 5.61.